The van der Waals surface area contributed by atoms with Crippen molar-refractivity contribution in [1.29, 1.82) is 0 Å². The zero-order valence-corrected chi connectivity index (χ0v) is 17.9. The standard InChI is InChI=1S/C21H21F3N4O2S/c1-12(2)28-20(13(3)30-18-7-5-4-6-15(18)23)26-27-21(28)31-11-19(29)25-17-9-8-14(22)10-16(17)24/h4-10,12-13H,11H2,1-3H3,(H,25,29). The molecule has 1 heterocycles. The van der Waals surface area contributed by atoms with Gasteiger partial charge >= 0.3 is 0 Å². The molecule has 0 fully saturated rings. The van der Waals surface area contributed by atoms with E-state index in [1.54, 1.807) is 23.6 Å². The van der Waals surface area contributed by atoms with E-state index in [2.05, 4.69) is 15.5 Å². The fraction of sp³-hybridized carbons (Fsp3) is 0.286. The van der Waals surface area contributed by atoms with Crippen molar-refractivity contribution in [3.05, 3.63) is 65.7 Å². The van der Waals surface area contributed by atoms with Crippen LogP contribution in [0.3, 0.4) is 0 Å². The molecule has 3 aromatic rings. The molecule has 0 aliphatic carbocycles. The molecule has 6 nitrogen and oxygen atoms in total. The van der Waals surface area contributed by atoms with Gasteiger partial charge in [-0.1, -0.05) is 23.9 Å². The Kier molecular flexibility index (Phi) is 7.21. The highest BCUT2D eigenvalue weighted by Gasteiger charge is 2.23. The maximum atomic E-state index is 13.9. The molecular formula is C21H21F3N4O2S. The Morgan fingerprint density at radius 2 is 1.84 bits per heavy atom. The zero-order chi connectivity index (χ0) is 22.5. The van der Waals surface area contributed by atoms with Crippen molar-refractivity contribution >= 4 is 23.4 Å². The number of carbonyl (C=O) groups excluding carboxylic acids is 1. The summed E-state index contributed by atoms with van der Waals surface area (Å²) in [5.74, 6) is -2.03. The van der Waals surface area contributed by atoms with Crippen molar-refractivity contribution in [3.63, 3.8) is 0 Å². The molecule has 2 aromatic carbocycles. The van der Waals surface area contributed by atoms with Crippen LogP contribution in [0.1, 0.15) is 38.7 Å². The van der Waals surface area contributed by atoms with Gasteiger partial charge in [-0.15, -0.1) is 10.2 Å². The van der Waals surface area contributed by atoms with Gasteiger partial charge in [-0.05, 0) is 45.0 Å². The van der Waals surface area contributed by atoms with Crippen LogP contribution in [-0.2, 0) is 4.79 Å². The highest BCUT2D eigenvalue weighted by Crippen LogP contribution is 2.28. The molecule has 164 valence electrons. The molecule has 31 heavy (non-hydrogen) atoms. The quantitative estimate of drug-likeness (QED) is 0.481. The highest BCUT2D eigenvalue weighted by molar-refractivity contribution is 7.99. The molecule has 0 aliphatic rings. The summed E-state index contributed by atoms with van der Waals surface area (Å²) in [6.07, 6.45) is -0.594. The number of benzene rings is 2. The molecule has 3 rings (SSSR count). The summed E-state index contributed by atoms with van der Waals surface area (Å²) in [5.41, 5.74) is -0.107. The van der Waals surface area contributed by atoms with Crippen LogP contribution in [0.5, 0.6) is 5.75 Å². The molecule has 1 amide bonds. The summed E-state index contributed by atoms with van der Waals surface area (Å²) in [5, 5.41) is 11.2. The molecule has 0 spiro atoms. The van der Waals surface area contributed by atoms with E-state index in [-0.39, 0.29) is 23.2 Å². The second-order valence-corrected chi connectivity index (χ2v) is 7.90. The Labute approximate surface area is 181 Å². The first kappa shape index (κ1) is 22.7. The summed E-state index contributed by atoms with van der Waals surface area (Å²) in [6.45, 7) is 5.56. The minimum atomic E-state index is -0.856. The van der Waals surface area contributed by atoms with Crippen molar-refractivity contribution in [3.8, 4) is 5.75 Å². The number of para-hydroxylation sites is 1. The fourth-order valence-electron chi connectivity index (χ4n) is 2.84. The van der Waals surface area contributed by atoms with E-state index >= 15 is 0 Å². The Morgan fingerprint density at radius 1 is 1.10 bits per heavy atom. The van der Waals surface area contributed by atoms with Crippen molar-refractivity contribution in [2.75, 3.05) is 11.1 Å². The SMILES string of the molecule is CC(Oc1ccccc1F)c1nnc(SCC(=O)Nc2ccc(F)cc2F)n1C(C)C. The van der Waals surface area contributed by atoms with E-state index in [0.717, 1.165) is 23.9 Å². The Balaban J connectivity index is 1.70. The van der Waals surface area contributed by atoms with Gasteiger partial charge in [0.25, 0.3) is 0 Å². The predicted molar refractivity (Wildman–Crippen MR) is 112 cm³/mol. The number of nitrogens with zero attached hydrogens (tertiary/aromatic N) is 3. The van der Waals surface area contributed by atoms with Crippen LogP contribution in [0.4, 0.5) is 18.9 Å². The zero-order valence-electron chi connectivity index (χ0n) is 17.1. The third kappa shape index (κ3) is 5.57. The van der Waals surface area contributed by atoms with Gasteiger partial charge < -0.3 is 14.6 Å². The lowest BCUT2D eigenvalue weighted by Gasteiger charge is -2.19. The highest BCUT2D eigenvalue weighted by atomic mass is 32.2. The maximum Gasteiger partial charge on any atom is 0.234 e. The number of hydrogen-bond donors (Lipinski definition) is 1. The molecule has 0 bridgehead atoms. The number of nitrogens with one attached hydrogen (secondary N) is 1. The molecule has 1 atom stereocenters. The third-order valence-corrected chi connectivity index (χ3v) is 5.19. The number of amides is 1. The molecule has 1 unspecified atom stereocenters. The summed E-state index contributed by atoms with van der Waals surface area (Å²) in [6, 6.07) is 8.92. The topological polar surface area (TPSA) is 69.0 Å². The largest absolute Gasteiger partial charge is 0.480 e. The first-order valence-electron chi connectivity index (χ1n) is 9.50. The Morgan fingerprint density at radius 3 is 2.52 bits per heavy atom. The molecular weight excluding hydrogens is 429 g/mol. The number of rotatable bonds is 8. The summed E-state index contributed by atoms with van der Waals surface area (Å²) < 4.78 is 48.1. The van der Waals surface area contributed by atoms with Crippen LogP contribution in [0.15, 0.2) is 47.6 Å². The lowest BCUT2D eigenvalue weighted by Crippen LogP contribution is -2.17. The Hall–Kier alpha value is -3.01. The number of ether oxygens (including phenoxy) is 1. The first-order valence-corrected chi connectivity index (χ1v) is 10.5. The van der Waals surface area contributed by atoms with Crippen molar-refractivity contribution in [2.45, 2.75) is 38.1 Å². The van der Waals surface area contributed by atoms with Gasteiger partial charge in [-0.3, -0.25) is 4.79 Å². The molecule has 10 heteroatoms. The molecule has 0 radical (unpaired) electrons. The fourth-order valence-corrected chi connectivity index (χ4v) is 3.71. The number of halogens is 3. The van der Waals surface area contributed by atoms with Gasteiger partial charge in [0.05, 0.1) is 11.4 Å². The van der Waals surface area contributed by atoms with Gasteiger partial charge in [-0.2, -0.15) is 0 Å². The van der Waals surface area contributed by atoms with E-state index in [4.69, 9.17) is 4.74 Å². The van der Waals surface area contributed by atoms with Gasteiger partial charge in [0.15, 0.2) is 28.7 Å². The van der Waals surface area contributed by atoms with Crippen molar-refractivity contribution in [1.82, 2.24) is 14.8 Å². The van der Waals surface area contributed by atoms with Crippen LogP contribution in [0, 0.1) is 17.5 Å². The first-order chi connectivity index (χ1) is 14.8. The summed E-state index contributed by atoms with van der Waals surface area (Å²) >= 11 is 1.11. The maximum absolute atomic E-state index is 13.9. The molecule has 0 saturated heterocycles. The second kappa shape index (κ2) is 9.86. The number of anilines is 1. The van der Waals surface area contributed by atoms with Gasteiger partial charge in [0, 0.05) is 12.1 Å². The summed E-state index contributed by atoms with van der Waals surface area (Å²) in [4.78, 5) is 12.2. The average molecular weight is 450 g/mol. The van der Waals surface area contributed by atoms with Gasteiger partial charge in [0.1, 0.15) is 11.6 Å². The molecule has 1 N–H and O–H groups in total. The van der Waals surface area contributed by atoms with Crippen LogP contribution >= 0.6 is 11.8 Å². The molecule has 1 aromatic heterocycles. The van der Waals surface area contributed by atoms with E-state index in [1.807, 2.05) is 13.8 Å². The number of carbonyl (C=O) groups is 1. The lowest BCUT2D eigenvalue weighted by atomic mass is 10.3. The predicted octanol–water partition coefficient (Wildman–Crippen LogP) is 5.15. The molecule has 0 aliphatic heterocycles. The normalized spacial score (nSPS) is 12.1. The number of hydrogen-bond acceptors (Lipinski definition) is 5. The van der Waals surface area contributed by atoms with E-state index in [0.29, 0.717) is 17.0 Å². The monoisotopic (exact) mass is 450 g/mol. The number of thioether (sulfide) groups is 1. The third-order valence-electron chi connectivity index (χ3n) is 4.25. The van der Waals surface area contributed by atoms with E-state index < -0.39 is 29.5 Å². The van der Waals surface area contributed by atoms with Crippen LogP contribution in [-0.4, -0.2) is 26.4 Å². The van der Waals surface area contributed by atoms with E-state index in [9.17, 15) is 18.0 Å². The van der Waals surface area contributed by atoms with Crippen LogP contribution in [0.25, 0.3) is 0 Å². The number of aromatic nitrogens is 3. The van der Waals surface area contributed by atoms with E-state index in [1.165, 1.54) is 12.1 Å². The van der Waals surface area contributed by atoms with Crippen LogP contribution < -0.4 is 10.1 Å². The van der Waals surface area contributed by atoms with Crippen molar-refractivity contribution < 1.29 is 22.7 Å². The van der Waals surface area contributed by atoms with Crippen LogP contribution in [0.2, 0.25) is 0 Å². The van der Waals surface area contributed by atoms with Gasteiger partial charge in [-0.25, -0.2) is 13.2 Å². The molecule has 0 saturated carbocycles. The smallest absolute Gasteiger partial charge is 0.234 e. The Bertz CT molecular complexity index is 1070. The second-order valence-electron chi connectivity index (χ2n) is 6.96. The minimum absolute atomic E-state index is 0.0585. The van der Waals surface area contributed by atoms with Crippen molar-refractivity contribution in [2.24, 2.45) is 0 Å². The minimum Gasteiger partial charge on any atom is -0.480 e. The lowest BCUT2D eigenvalue weighted by molar-refractivity contribution is -0.113. The summed E-state index contributed by atoms with van der Waals surface area (Å²) in [7, 11) is 0. The average Bonchev–Trinajstić information content (AvgIpc) is 3.15. The van der Waals surface area contributed by atoms with Gasteiger partial charge in [0.2, 0.25) is 5.91 Å².